The molecule has 25 heavy (non-hydrogen) atoms. The monoisotopic (exact) mass is 359 g/mol. The number of likely N-dealkylation sites (tertiary alicyclic amines) is 1. The molecule has 4 heterocycles. The lowest BCUT2D eigenvalue weighted by molar-refractivity contribution is 0.0601. The second kappa shape index (κ2) is 6.33. The molecule has 2 aliphatic rings. The summed E-state index contributed by atoms with van der Waals surface area (Å²) in [5.41, 5.74) is 1.03. The van der Waals surface area contributed by atoms with Crippen LogP contribution in [0, 0.1) is 5.41 Å². The summed E-state index contributed by atoms with van der Waals surface area (Å²) < 4.78 is 1.89. The Morgan fingerprint density at radius 2 is 1.84 bits per heavy atom. The first-order chi connectivity index (χ1) is 12.1. The average molecular weight is 360 g/mol. The number of rotatable bonds is 2. The Morgan fingerprint density at radius 1 is 1.16 bits per heavy atom. The number of amides is 1. The van der Waals surface area contributed by atoms with Crippen LogP contribution in [-0.2, 0) is 7.05 Å². The summed E-state index contributed by atoms with van der Waals surface area (Å²) in [5, 5.41) is 0.560. The number of aryl methyl sites for hydroxylation is 1. The maximum absolute atomic E-state index is 12.7. The molecule has 0 unspecified atom stereocenters. The molecule has 0 radical (unpaired) electrons. The smallest absolute Gasteiger partial charge is 0.270 e. The highest BCUT2D eigenvalue weighted by Crippen LogP contribution is 2.41. The van der Waals surface area contributed by atoms with Gasteiger partial charge in [0.05, 0.1) is 17.4 Å². The van der Waals surface area contributed by atoms with Crippen LogP contribution in [0.3, 0.4) is 0 Å². The number of carbonyl (C=O) groups excluding carboxylic acids is 1. The van der Waals surface area contributed by atoms with E-state index in [1.807, 2.05) is 34.8 Å². The Morgan fingerprint density at radius 3 is 2.48 bits per heavy atom. The molecule has 2 saturated heterocycles. The van der Waals surface area contributed by atoms with Crippen LogP contribution in [0.1, 0.15) is 29.8 Å². The molecule has 2 aliphatic heterocycles. The van der Waals surface area contributed by atoms with Crippen LogP contribution in [0.4, 0.5) is 5.95 Å². The molecule has 0 saturated carbocycles. The van der Waals surface area contributed by atoms with Gasteiger partial charge < -0.3 is 14.4 Å². The van der Waals surface area contributed by atoms with E-state index in [1.54, 1.807) is 12.4 Å². The van der Waals surface area contributed by atoms with Crippen molar-refractivity contribution in [2.24, 2.45) is 12.5 Å². The molecule has 0 N–H and O–H groups in total. The molecule has 0 aromatic carbocycles. The molecule has 2 aromatic heterocycles. The van der Waals surface area contributed by atoms with Gasteiger partial charge in [0, 0.05) is 39.4 Å². The minimum atomic E-state index is 0.137. The Bertz CT molecular complexity index is 764. The van der Waals surface area contributed by atoms with Gasteiger partial charge in [0.2, 0.25) is 5.95 Å². The van der Waals surface area contributed by atoms with Crippen molar-refractivity contribution in [3.05, 3.63) is 41.4 Å². The van der Waals surface area contributed by atoms with Crippen molar-refractivity contribution in [3.63, 3.8) is 0 Å². The molecular weight excluding hydrogens is 338 g/mol. The quantitative estimate of drug-likeness (QED) is 0.827. The first-order valence-corrected chi connectivity index (χ1v) is 9.07. The zero-order chi connectivity index (χ0) is 17.4. The average Bonchev–Trinajstić information content (AvgIpc) is 3.23. The topological polar surface area (TPSA) is 54.3 Å². The van der Waals surface area contributed by atoms with E-state index in [0.29, 0.717) is 5.02 Å². The summed E-state index contributed by atoms with van der Waals surface area (Å²) in [6, 6.07) is 3.81. The lowest BCUT2D eigenvalue weighted by Gasteiger charge is -2.39. The maximum Gasteiger partial charge on any atom is 0.270 e. The first-order valence-electron chi connectivity index (χ1n) is 8.69. The highest BCUT2D eigenvalue weighted by Gasteiger charge is 2.42. The molecule has 6 nitrogen and oxygen atoms in total. The van der Waals surface area contributed by atoms with Crippen molar-refractivity contribution in [1.29, 1.82) is 0 Å². The second-order valence-corrected chi connectivity index (χ2v) is 7.61. The molecule has 2 fully saturated rings. The summed E-state index contributed by atoms with van der Waals surface area (Å²) in [7, 11) is 1.92. The number of piperidine rings is 1. The van der Waals surface area contributed by atoms with Crippen molar-refractivity contribution in [2.75, 3.05) is 31.1 Å². The molecular formula is C18H22ClN5O. The van der Waals surface area contributed by atoms with Crippen LogP contribution in [0.25, 0.3) is 0 Å². The van der Waals surface area contributed by atoms with Gasteiger partial charge in [-0.15, -0.1) is 0 Å². The van der Waals surface area contributed by atoms with Crippen molar-refractivity contribution < 1.29 is 4.79 Å². The summed E-state index contributed by atoms with van der Waals surface area (Å²) in [6.07, 6.45) is 8.41. The number of anilines is 1. The molecule has 0 atom stereocenters. The van der Waals surface area contributed by atoms with E-state index in [0.717, 1.165) is 57.1 Å². The molecule has 1 amide bonds. The number of carbonyl (C=O) groups is 1. The third kappa shape index (κ3) is 3.11. The molecule has 0 aliphatic carbocycles. The fourth-order valence-corrected chi connectivity index (χ4v) is 4.11. The van der Waals surface area contributed by atoms with Crippen LogP contribution in [0.5, 0.6) is 0 Å². The summed E-state index contributed by atoms with van der Waals surface area (Å²) in [6.45, 7) is 3.56. The SMILES string of the molecule is Cn1cccc1C(=O)N1CCC2(CC1)CCN(c1ncc(Cl)cn1)C2. The van der Waals surface area contributed by atoms with E-state index in [4.69, 9.17) is 11.6 Å². The van der Waals surface area contributed by atoms with Crippen molar-refractivity contribution in [1.82, 2.24) is 19.4 Å². The van der Waals surface area contributed by atoms with E-state index in [-0.39, 0.29) is 11.3 Å². The Balaban J connectivity index is 1.39. The van der Waals surface area contributed by atoms with Crippen LogP contribution in [0.15, 0.2) is 30.7 Å². The minimum absolute atomic E-state index is 0.137. The molecule has 4 rings (SSSR count). The lowest BCUT2D eigenvalue weighted by Crippen LogP contribution is -2.44. The minimum Gasteiger partial charge on any atom is -0.347 e. The van der Waals surface area contributed by atoms with Gasteiger partial charge in [0.1, 0.15) is 5.69 Å². The van der Waals surface area contributed by atoms with E-state index in [1.165, 1.54) is 0 Å². The molecule has 0 bridgehead atoms. The lowest BCUT2D eigenvalue weighted by atomic mass is 9.77. The van der Waals surface area contributed by atoms with E-state index in [2.05, 4.69) is 14.9 Å². The summed E-state index contributed by atoms with van der Waals surface area (Å²) in [5.74, 6) is 0.891. The highest BCUT2D eigenvalue weighted by molar-refractivity contribution is 6.30. The third-order valence-corrected chi connectivity index (χ3v) is 5.80. The van der Waals surface area contributed by atoms with Crippen LogP contribution in [-0.4, -0.2) is 51.5 Å². The largest absolute Gasteiger partial charge is 0.347 e. The summed E-state index contributed by atoms with van der Waals surface area (Å²) in [4.78, 5) is 25.6. The van der Waals surface area contributed by atoms with Crippen LogP contribution in [0.2, 0.25) is 5.02 Å². The van der Waals surface area contributed by atoms with Gasteiger partial charge in [-0.25, -0.2) is 9.97 Å². The molecule has 1 spiro atoms. The van der Waals surface area contributed by atoms with E-state index in [9.17, 15) is 4.79 Å². The van der Waals surface area contributed by atoms with Crippen LogP contribution < -0.4 is 4.90 Å². The predicted molar refractivity (Wildman–Crippen MR) is 96.9 cm³/mol. The third-order valence-electron chi connectivity index (χ3n) is 5.60. The van der Waals surface area contributed by atoms with Gasteiger partial charge in [-0.05, 0) is 36.8 Å². The van der Waals surface area contributed by atoms with Crippen molar-refractivity contribution >= 4 is 23.5 Å². The molecule has 7 heteroatoms. The van der Waals surface area contributed by atoms with E-state index < -0.39 is 0 Å². The maximum atomic E-state index is 12.7. The van der Waals surface area contributed by atoms with Gasteiger partial charge in [-0.2, -0.15) is 0 Å². The zero-order valence-corrected chi connectivity index (χ0v) is 15.1. The Hall–Kier alpha value is -2.08. The van der Waals surface area contributed by atoms with Crippen LogP contribution >= 0.6 is 11.6 Å². The zero-order valence-electron chi connectivity index (χ0n) is 14.4. The highest BCUT2D eigenvalue weighted by atomic mass is 35.5. The fraction of sp³-hybridized carbons (Fsp3) is 0.500. The normalized spacial score (nSPS) is 19.6. The van der Waals surface area contributed by atoms with E-state index >= 15 is 0 Å². The number of halogens is 1. The number of hydrogen-bond donors (Lipinski definition) is 0. The Kier molecular flexibility index (Phi) is 4.15. The Labute approximate surface area is 152 Å². The molecule has 132 valence electrons. The predicted octanol–water partition coefficient (Wildman–Crippen LogP) is 2.60. The van der Waals surface area contributed by atoms with Gasteiger partial charge in [0.15, 0.2) is 0 Å². The van der Waals surface area contributed by atoms with Gasteiger partial charge >= 0.3 is 0 Å². The van der Waals surface area contributed by atoms with Gasteiger partial charge in [-0.3, -0.25) is 4.79 Å². The number of nitrogens with zero attached hydrogens (tertiary/aromatic N) is 5. The number of hydrogen-bond acceptors (Lipinski definition) is 4. The van der Waals surface area contributed by atoms with Gasteiger partial charge in [0.25, 0.3) is 5.91 Å². The summed E-state index contributed by atoms with van der Waals surface area (Å²) >= 11 is 5.88. The first kappa shape index (κ1) is 16.4. The van der Waals surface area contributed by atoms with Crippen molar-refractivity contribution in [3.8, 4) is 0 Å². The molecule has 2 aromatic rings. The number of aromatic nitrogens is 3. The van der Waals surface area contributed by atoms with Gasteiger partial charge in [-0.1, -0.05) is 11.6 Å². The standard InChI is InChI=1S/C18H22ClN5O/c1-22-7-2-3-15(22)16(25)23-8-4-18(5-9-23)6-10-24(13-18)17-20-11-14(19)12-21-17/h2-3,7,11-12H,4-6,8-10,13H2,1H3. The fourth-order valence-electron chi connectivity index (χ4n) is 4.01. The second-order valence-electron chi connectivity index (χ2n) is 7.17. The van der Waals surface area contributed by atoms with Crippen molar-refractivity contribution in [2.45, 2.75) is 19.3 Å².